The van der Waals surface area contributed by atoms with Crippen LogP contribution in [0.25, 0.3) is 0 Å². The SMILES string of the molecule is NCc1cc(Br)cc(S(=O)(=O)Nc2cccc(F)c2)c1F. The van der Waals surface area contributed by atoms with E-state index in [1.54, 1.807) is 0 Å². The molecule has 112 valence electrons. The van der Waals surface area contributed by atoms with Gasteiger partial charge in [0.25, 0.3) is 10.0 Å². The summed E-state index contributed by atoms with van der Waals surface area (Å²) in [4.78, 5) is -0.554. The summed E-state index contributed by atoms with van der Waals surface area (Å²) in [5.41, 5.74) is 5.44. The Labute approximate surface area is 129 Å². The van der Waals surface area contributed by atoms with Crippen LogP contribution in [-0.4, -0.2) is 8.42 Å². The van der Waals surface area contributed by atoms with Crippen molar-refractivity contribution in [3.05, 3.63) is 58.1 Å². The third-order valence-electron chi connectivity index (χ3n) is 2.67. The monoisotopic (exact) mass is 376 g/mol. The average Bonchev–Trinajstić information content (AvgIpc) is 2.40. The minimum absolute atomic E-state index is 0.00340. The van der Waals surface area contributed by atoms with Crippen LogP contribution in [0.3, 0.4) is 0 Å². The number of hydrogen-bond acceptors (Lipinski definition) is 3. The normalized spacial score (nSPS) is 11.4. The summed E-state index contributed by atoms with van der Waals surface area (Å²) in [6.07, 6.45) is 0. The first kappa shape index (κ1) is 15.9. The van der Waals surface area contributed by atoms with Crippen LogP contribution in [0.2, 0.25) is 0 Å². The number of benzene rings is 2. The maximum Gasteiger partial charge on any atom is 0.264 e. The highest BCUT2D eigenvalue weighted by Gasteiger charge is 2.22. The van der Waals surface area contributed by atoms with Crippen molar-refractivity contribution >= 4 is 31.6 Å². The minimum Gasteiger partial charge on any atom is -0.326 e. The van der Waals surface area contributed by atoms with E-state index in [9.17, 15) is 17.2 Å². The molecule has 0 aliphatic heterocycles. The van der Waals surface area contributed by atoms with E-state index in [1.807, 2.05) is 0 Å². The third-order valence-corrected chi connectivity index (χ3v) is 4.50. The van der Waals surface area contributed by atoms with Gasteiger partial charge in [0.05, 0.1) is 5.69 Å². The lowest BCUT2D eigenvalue weighted by molar-refractivity contribution is 0.560. The van der Waals surface area contributed by atoms with E-state index in [4.69, 9.17) is 5.73 Å². The molecule has 0 radical (unpaired) electrons. The van der Waals surface area contributed by atoms with E-state index in [-0.39, 0.29) is 17.8 Å². The summed E-state index contributed by atoms with van der Waals surface area (Å²) in [5, 5.41) is 0. The first-order valence-electron chi connectivity index (χ1n) is 5.80. The predicted octanol–water partition coefficient (Wildman–Crippen LogP) is 2.99. The maximum absolute atomic E-state index is 14.1. The van der Waals surface area contributed by atoms with Crippen molar-refractivity contribution < 1.29 is 17.2 Å². The van der Waals surface area contributed by atoms with Crippen LogP contribution in [-0.2, 0) is 16.6 Å². The van der Waals surface area contributed by atoms with Gasteiger partial charge in [-0.2, -0.15) is 0 Å². The van der Waals surface area contributed by atoms with Gasteiger partial charge in [-0.25, -0.2) is 17.2 Å². The zero-order valence-corrected chi connectivity index (χ0v) is 13.0. The molecule has 2 aromatic carbocycles. The van der Waals surface area contributed by atoms with E-state index in [2.05, 4.69) is 20.7 Å². The molecule has 0 amide bonds. The predicted molar refractivity (Wildman–Crippen MR) is 79.2 cm³/mol. The van der Waals surface area contributed by atoms with Gasteiger partial charge in [0.15, 0.2) is 0 Å². The molecule has 0 saturated carbocycles. The number of sulfonamides is 1. The molecule has 0 unspecified atom stereocenters. The van der Waals surface area contributed by atoms with Gasteiger partial charge in [-0.05, 0) is 30.3 Å². The second-order valence-electron chi connectivity index (χ2n) is 4.20. The zero-order chi connectivity index (χ0) is 15.6. The highest BCUT2D eigenvalue weighted by Crippen LogP contribution is 2.25. The van der Waals surface area contributed by atoms with Crippen LogP contribution in [0.1, 0.15) is 5.56 Å². The molecule has 0 aliphatic carbocycles. The molecule has 0 saturated heterocycles. The van der Waals surface area contributed by atoms with Crippen molar-refractivity contribution in [1.82, 2.24) is 0 Å². The molecule has 0 bridgehead atoms. The molecule has 0 aliphatic rings. The molecule has 8 heteroatoms. The van der Waals surface area contributed by atoms with Crippen LogP contribution < -0.4 is 10.5 Å². The molecule has 2 aromatic rings. The van der Waals surface area contributed by atoms with Crippen LogP contribution in [0.5, 0.6) is 0 Å². The van der Waals surface area contributed by atoms with Gasteiger partial charge in [0.2, 0.25) is 0 Å². The van der Waals surface area contributed by atoms with E-state index in [1.165, 1.54) is 24.3 Å². The highest BCUT2D eigenvalue weighted by molar-refractivity contribution is 9.10. The summed E-state index contributed by atoms with van der Waals surface area (Å²) >= 11 is 3.10. The first-order chi connectivity index (χ1) is 9.83. The number of nitrogens with one attached hydrogen (secondary N) is 1. The van der Waals surface area contributed by atoms with Crippen LogP contribution >= 0.6 is 15.9 Å². The molecule has 21 heavy (non-hydrogen) atoms. The fraction of sp³-hybridized carbons (Fsp3) is 0.0769. The number of hydrogen-bond donors (Lipinski definition) is 2. The molecule has 4 nitrogen and oxygen atoms in total. The molecule has 0 spiro atoms. The van der Waals surface area contributed by atoms with Gasteiger partial charge in [-0.1, -0.05) is 22.0 Å². The lowest BCUT2D eigenvalue weighted by Crippen LogP contribution is -2.16. The summed E-state index contributed by atoms with van der Waals surface area (Å²) in [7, 11) is -4.19. The van der Waals surface area contributed by atoms with Crippen molar-refractivity contribution in [2.45, 2.75) is 11.4 Å². The number of nitrogens with two attached hydrogens (primary N) is 1. The second kappa shape index (κ2) is 6.08. The standard InChI is InChI=1S/C13H11BrF2N2O2S/c14-9-4-8(7-17)13(16)12(5-9)21(19,20)18-11-3-1-2-10(15)6-11/h1-6,18H,7,17H2. The Morgan fingerprint density at radius 1 is 1.19 bits per heavy atom. The Kier molecular flexibility index (Phi) is 4.60. The molecule has 0 fully saturated rings. The average molecular weight is 377 g/mol. The van der Waals surface area contributed by atoms with Gasteiger partial charge in [-0.3, -0.25) is 4.72 Å². The summed E-state index contributed by atoms with van der Waals surface area (Å²) in [6.45, 7) is -0.145. The number of rotatable bonds is 4. The fourth-order valence-electron chi connectivity index (χ4n) is 1.72. The zero-order valence-electron chi connectivity index (χ0n) is 10.6. The summed E-state index contributed by atoms with van der Waals surface area (Å²) < 4.78 is 54.2. The second-order valence-corrected chi connectivity index (χ2v) is 6.76. The lowest BCUT2D eigenvalue weighted by atomic mass is 10.2. The molecule has 2 rings (SSSR count). The van der Waals surface area contributed by atoms with E-state index in [0.29, 0.717) is 4.47 Å². The number of anilines is 1. The molecular formula is C13H11BrF2N2O2S. The van der Waals surface area contributed by atoms with Gasteiger partial charge >= 0.3 is 0 Å². The topological polar surface area (TPSA) is 72.2 Å². The lowest BCUT2D eigenvalue weighted by Gasteiger charge is -2.11. The molecule has 0 heterocycles. The van der Waals surface area contributed by atoms with Crippen molar-refractivity contribution in [2.75, 3.05) is 4.72 Å². The Hall–Kier alpha value is -1.51. The van der Waals surface area contributed by atoms with E-state index < -0.39 is 26.6 Å². The largest absolute Gasteiger partial charge is 0.326 e. The van der Waals surface area contributed by atoms with E-state index in [0.717, 1.165) is 12.1 Å². The quantitative estimate of drug-likeness (QED) is 0.861. The first-order valence-corrected chi connectivity index (χ1v) is 8.07. The Balaban J connectivity index is 2.47. The molecule has 0 aromatic heterocycles. The highest BCUT2D eigenvalue weighted by atomic mass is 79.9. The smallest absolute Gasteiger partial charge is 0.264 e. The van der Waals surface area contributed by atoms with Crippen LogP contribution in [0.4, 0.5) is 14.5 Å². The molecular weight excluding hydrogens is 366 g/mol. The summed E-state index contributed by atoms with van der Waals surface area (Å²) in [5.74, 6) is -1.53. The Morgan fingerprint density at radius 2 is 1.90 bits per heavy atom. The Morgan fingerprint density at radius 3 is 2.52 bits per heavy atom. The molecule has 0 atom stereocenters. The fourth-order valence-corrected chi connectivity index (χ4v) is 3.58. The van der Waals surface area contributed by atoms with Gasteiger partial charge in [-0.15, -0.1) is 0 Å². The molecule has 3 N–H and O–H groups in total. The Bertz CT molecular complexity index is 782. The number of halogens is 3. The summed E-state index contributed by atoms with van der Waals surface area (Å²) in [6, 6.07) is 7.39. The van der Waals surface area contributed by atoms with Crippen molar-refractivity contribution in [1.29, 1.82) is 0 Å². The van der Waals surface area contributed by atoms with Gasteiger partial charge in [0, 0.05) is 16.6 Å². The van der Waals surface area contributed by atoms with Crippen LogP contribution in [0.15, 0.2) is 45.8 Å². The minimum atomic E-state index is -4.19. The van der Waals surface area contributed by atoms with Gasteiger partial charge in [0.1, 0.15) is 16.5 Å². The van der Waals surface area contributed by atoms with Crippen molar-refractivity contribution in [3.63, 3.8) is 0 Å². The van der Waals surface area contributed by atoms with Crippen LogP contribution in [0, 0.1) is 11.6 Å². The van der Waals surface area contributed by atoms with Gasteiger partial charge < -0.3 is 5.73 Å². The third kappa shape index (κ3) is 3.58. The van der Waals surface area contributed by atoms with Crippen molar-refractivity contribution in [2.24, 2.45) is 5.73 Å². The van der Waals surface area contributed by atoms with Crippen molar-refractivity contribution in [3.8, 4) is 0 Å². The van der Waals surface area contributed by atoms with E-state index >= 15 is 0 Å². The maximum atomic E-state index is 14.1.